The third kappa shape index (κ3) is 12.3. The molecular formula is C28H42F8N4O5. The van der Waals surface area contributed by atoms with Gasteiger partial charge in [0.25, 0.3) is 5.91 Å². The van der Waals surface area contributed by atoms with E-state index >= 15 is 0 Å². The molecule has 1 saturated heterocycles. The van der Waals surface area contributed by atoms with Crippen molar-refractivity contribution in [3.05, 3.63) is 0 Å². The highest BCUT2D eigenvalue weighted by atomic mass is 19.3. The second kappa shape index (κ2) is 14.1. The summed E-state index contributed by atoms with van der Waals surface area (Å²) in [5.41, 5.74) is 8.21. The molecule has 0 aromatic heterocycles. The van der Waals surface area contributed by atoms with Gasteiger partial charge >= 0.3 is 12.0 Å². The third-order valence-corrected chi connectivity index (χ3v) is 8.81. The summed E-state index contributed by atoms with van der Waals surface area (Å²) in [7, 11) is 0. The van der Waals surface area contributed by atoms with Gasteiger partial charge in [-0.3, -0.25) is 19.7 Å². The lowest BCUT2D eigenvalue weighted by molar-refractivity contribution is -0.148. The van der Waals surface area contributed by atoms with E-state index in [1.54, 1.807) is 0 Å². The molecule has 260 valence electrons. The number of carboxylic acid groups (broad SMARTS) is 1. The first-order valence-electron chi connectivity index (χ1n) is 14.8. The van der Waals surface area contributed by atoms with E-state index in [9.17, 15) is 54.3 Å². The number of imide groups is 1. The molecule has 17 heteroatoms. The molecule has 5 rings (SSSR count). The molecule has 5 aliphatic rings. The first-order chi connectivity index (χ1) is 20.3. The SMILES string of the molecule is CC1(N)CCC(F)(F)CC1.NC1(C(=O)O)CCC(F)(F)CC1.O=C1CCC(F)(F)CC1.O=C1NC(=O)C2(CCC(F)(F)CC2)N1. The summed E-state index contributed by atoms with van der Waals surface area (Å²) < 4.78 is 100. The molecule has 0 unspecified atom stereocenters. The smallest absolute Gasteiger partial charge is 0.323 e. The van der Waals surface area contributed by atoms with Gasteiger partial charge in [0, 0.05) is 69.7 Å². The Labute approximate surface area is 255 Å². The van der Waals surface area contributed by atoms with Crippen molar-refractivity contribution < 1.29 is 59.4 Å². The highest BCUT2D eigenvalue weighted by molar-refractivity contribution is 6.07. The molecule has 0 aromatic carbocycles. The zero-order chi connectivity index (χ0) is 34.5. The molecule has 9 nitrogen and oxygen atoms in total. The predicted molar refractivity (Wildman–Crippen MR) is 145 cm³/mol. The van der Waals surface area contributed by atoms with E-state index in [2.05, 4.69) is 10.6 Å². The number of alkyl halides is 8. The number of carboxylic acids is 1. The van der Waals surface area contributed by atoms with Crippen molar-refractivity contribution in [1.29, 1.82) is 0 Å². The number of hydrogen-bond acceptors (Lipinski definition) is 6. The normalized spacial score (nSPS) is 27.9. The van der Waals surface area contributed by atoms with Crippen LogP contribution in [0.25, 0.3) is 0 Å². The number of nitrogens with one attached hydrogen (secondary N) is 2. The number of carbonyl (C=O) groups is 4. The molecule has 45 heavy (non-hydrogen) atoms. The van der Waals surface area contributed by atoms with Crippen molar-refractivity contribution >= 4 is 23.7 Å². The monoisotopic (exact) mass is 666 g/mol. The number of aliphatic carboxylic acids is 1. The zero-order valence-electron chi connectivity index (χ0n) is 25.1. The van der Waals surface area contributed by atoms with Crippen molar-refractivity contribution in [3.8, 4) is 0 Å². The number of ketones is 1. The van der Waals surface area contributed by atoms with Gasteiger partial charge in [-0.1, -0.05) is 0 Å². The lowest BCUT2D eigenvalue weighted by Gasteiger charge is -2.34. The van der Waals surface area contributed by atoms with Crippen LogP contribution in [0.2, 0.25) is 0 Å². The van der Waals surface area contributed by atoms with Crippen LogP contribution in [0.3, 0.4) is 0 Å². The van der Waals surface area contributed by atoms with Crippen LogP contribution in [-0.2, 0) is 14.4 Å². The van der Waals surface area contributed by atoms with Crippen LogP contribution in [0, 0.1) is 0 Å². The van der Waals surface area contributed by atoms with Crippen LogP contribution in [0.15, 0.2) is 0 Å². The molecular weight excluding hydrogens is 624 g/mol. The van der Waals surface area contributed by atoms with E-state index in [-0.39, 0.29) is 88.4 Å². The lowest BCUT2D eigenvalue weighted by Crippen LogP contribution is -2.52. The maximum Gasteiger partial charge on any atom is 0.323 e. The van der Waals surface area contributed by atoms with Gasteiger partial charge in [0.15, 0.2) is 0 Å². The van der Waals surface area contributed by atoms with Crippen LogP contribution in [0.5, 0.6) is 0 Å². The van der Waals surface area contributed by atoms with E-state index < -0.39 is 65.5 Å². The number of amides is 3. The van der Waals surface area contributed by atoms with E-state index in [4.69, 9.17) is 16.6 Å². The van der Waals surface area contributed by atoms with Crippen molar-refractivity contribution in [2.75, 3.05) is 0 Å². The fourth-order valence-corrected chi connectivity index (χ4v) is 5.28. The number of halogens is 8. The Morgan fingerprint density at radius 1 is 0.622 bits per heavy atom. The summed E-state index contributed by atoms with van der Waals surface area (Å²) >= 11 is 0. The number of nitrogens with two attached hydrogens (primary N) is 2. The Hall–Kier alpha value is -2.56. The van der Waals surface area contributed by atoms with Gasteiger partial charge < -0.3 is 21.9 Å². The number of urea groups is 1. The summed E-state index contributed by atoms with van der Waals surface area (Å²) in [4.78, 5) is 43.1. The molecule has 3 amide bonds. The molecule has 0 aromatic rings. The van der Waals surface area contributed by atoms with Crippen molar-refractivity contribution in [3.63, 3.8) is 0 Å². The Balaban J connectivity index is 0.000000212. The van der Waals surface area contributed by atoms with Crippen LogP contribution < -0.4 is 22.1 Å². The highest BCUT2D eigenvalue weighted by Crippen LogP contribution is 2.40. The average molecular weight is 667 g/mol. The van der Waals surface area contributed by atoms with Crippen molar-refractivity contribution in [2.24, 2.45) is 11.5 Å². The fourth-order valence-electron chi connectivity index (χ4n) is 5.28. The average Bonchev–Trinajstić information content (AvgIpc) is 3.20. The van der Waals surface area contributed by atoms with Gasteiger partial charge in [-0.15, -0.1) is 0 Å². The largest absolute Gasteiger partial charge is 0.480 e. The van der Waals surface area contributed by atoms with Crippen LogP contribution in [0.1, 0.15) is 110 Å². The van der Waals surface area contributed by atoms with Gasteiger partial charge in [-0.05, 0) is 45.4 Å². The standard InChI is InChI=1S/C8H10F2N2O2.C7H11F2NO2.C7H13F2N.C6H8F2O/c9-8(10)3-1-7(2-4-8)5(13)11-6(14)12-7;8-7(9)3-1-6(10,2-4-7)5(11)12;1-6(10)2-4-7(8,9)5-3-6;7-6(8)3-1-5(9)2-4-6/h1-4H2,(H2,11,12,13,14);1-4,10H2,(H,11,12);2-5,10H2,1H3;1-4H2. The summed E-state index contributed by atoms with van der Waals surface area (Å²) in [5.74, 6) is -12.1. The number of hydrogen-bond donors (Lipinski definition) is 5. The molecule has 1 spiro atoms. The number of rotatable bonds is 1. The molecule has 4 aliphatic carbocycles. The van der Waals surface area contributed by atoms with Gasteiger partial charge in [-0.25, -0.2) is 39.9 Å². The lowest BCUT2D eigenvalue weighted by atomic mass is 9.80. The maximum atomic E-state index is 12.8. The highest BCUT2D eigenvalue weighted by Gasteiger charge is 2.52. The molecule has 4 saturated carbocycles. The van der Waals surface area contributed by atoms with Crippen LogP contribution in [-0.4, -0.2) is 69.1 Å². The van der Waals surface area contributed by atoms with E-state index in [0.29, 0.717) is 12.8 Å². The maximum absolute atomic E-state index is 12.8. The molecule has 0 atom stereocenters. The second-order valence-corrected chi connectivity index (χ2v) is 13.1. The summed E-state index contributed by atoms with van der Waals surface area (Å²) in [6.45, 7) is 1.84. The summed E-state index contributed by atoms with van der Waals surface area (Å²) in [6, 6.07) is -0.583. The number of carbonyl (C=O) groups excluding carboxylic acids is 3. The van der Waals surface area contributed by atoms with E-state index in [1.807, 2.05) is 6.92 Å². The minimum atomic E-state index is -2.72. The minimum Gasteiger partial charge on any atom is -0.480 e. The van der Waals surface area contributed by atoms with Crippen LogP contribution in [0.4, 0.5) is 39.9 Å². The zero-order valence-corrected chi connectivity index (χ0v) is 25.1. The predicted octanol–water partition coefficient (Wildman–Crippen LogP) is 5.43. The van der Waals surface area contributed by atoms with Gasteiger partial charge in [-0.2, -0.15) is 0 Å². The Morgan fingerprint density at radius 3 is 1.29 bits per heavy atom. The van der Waals surface area contributed by atoms with Gasteiger partial charge in [0.1, 0.15) is 16.9 Å². The van der Waals surface area contributed by atoms with Gasteiger partial charge in [0.05, 0.1) is 0 Å². The summed E-state index contributed by atoms with van der Waals surface area (Å²) in [6.07, 6.45) is -1.36. The first-order valence-corrected chi connectivity index (χ1v) is 14.8. The topological polar surface area (TPSA) is 165 Å². The fraction of sp³-hybridized carbons (Fsp3) is 0.857. The minimum absolute atomic E-state index is 0.0115. The van der Waals surface area contributed by atoms with Crippen LogP contribution >= 0.6 is 0 Å². The van der Waals surface area contributed by atoms with Gasteiger partial charge in [0.2, 0.25) is 23.7 Å². The molecule has 7 N–H and O–H groups in total. The molecule has 0 bridgehead atoms. The van der Waals surface area contributed by atoms with E-state index in [0.717, 1.165) is 0 Å². The number of Topliss-reactive ketones (excluding diaryl/α,β-unsaturated/α-hetero) is 1. The third-order valence-electron chi connectivity index (χ3n) is 8.81. The molecule has 1 heterocycles. The first kappa shape index (κ1) is 38.6. The molecule has 5 fully saturated rings. The van der Waals surface area contributed by atoms with E-state index in [1.165, 1.54) is 0 Å². The van der Waals surface area contributed by atoms with Crippen molar-refractivity contribution in [2.45, 2.75) is 150 Å². The summed E-state index contributed by atoms with van der Waals surface area (Å²) in [5, 5.41) is 13.1. The van der Waals surface area contributed by atoms with Crippen molar-refractivity contribution in [1.82, 2.24) is 10.6 Å². The Bertz CT molecular complexity index is 1040. The Kier molecular flexibility index (Phi) is 12.1. The quantitative estimate of drug-likeness (QED) is 0.184. The Morgan fingerprint density at radius 2 is 0.978 bits per heavy atom. The second-order valence-electron chi connectivity index (χ2n) is 13.1. The molecule has 1 aliphatic heterocycles. The molecule has 0 radical (unpaired) electrons.